The summed E-state index contributed by atoms with van der Waals surface area (Å²) < 4.78 is 5.13. The van der Waals surface area contributed by atoms with E-state index in [9.17, 15) is 14.7 Å². The lowest BCUT2D eigenvalue weighted by Crippen LogP contribution is -2.47. The molecule has 0 radical (unpaired) electrons. The molecule has 3 unspecified atom stereocenters. The van der Waals surface area contributed by atoms with E-state index in [-0.39, 0.29) is 12.5 Å². The summed E-state index contributed by atoms with van der Waals surface area (Å²) in [7, 11) is 0. The van der Waals surface area contributed by atoms with E-state index in [4.69, 9.17) is 4.74 Å². The van der Waals surface area contributed by atoms with Crippen LogP contribution in [-0.4, -0.2) is 23.2 Å². The van der Waals surface area contributed by atoms with Crippen molar-refractivity contribution in [3.63, 3.8) is 0 Å². The van der Waals surface area contributed by atoms with Crippen LogP contribution in [0, 0.1) is 11.8 Å². The standard InChI is InChI=1S/C18H23NO4/c1-12-8-13(2)10-15(9-12)16(17(20)21)19-18(22)23-11-14-6-4-3-5-7-14/h3-8,12,15-16H,9-11H2,1-2H3,(H,19,22)(H,20,21). The van der Waals surface area contributed by atoms with E-state index in [0.717, 1.165) is 12.0 Å². The van der Waals surface area contributed by atoms with Crippen molar-refractivity contribution >= 4 is 12.1 Å². The Morgan fingerprint density at radius 3 is 2.65 bits per heavy atom. The summed E-state index contributed by atoms with van der Waals surface area (Å²) in [5.74, 6) is -0.817. The smallest absolute Gasteiger partial charge is 0.408 e. The van der Waals surface area contributed by atoms with Crippen molar-refractivity contribution in [2.24, 2.45) is 11.8 Å². The molecule has 0 saturated carbocycles. The number of carboxylic acid groups (broad SMARTS) is 1. The summed E-state index contributed by atoms with van der Waals surface area (Å²) in [4.78, 5) is 23.5. The first kappa shape index (κ1) is 17.1. The maximum absolute atomic E-state index is 11.9. The fraction of sp³-hybridized carbons (Fsp3) is 0.444. The highest BCUT2D eigenvalue weighted by Crippen LogP contribution is 2.30. The zero-order valence-electron chi connectivity index (χ0n) is 13.5. The molecule has 2 rings (SSSR count). The molecule has 0 heterocycles. The largest absolute Gasteiger partial charge is 0.480 e. The molecule has 23 heavy (non-hydrogen) atoms. The molecule has 2 N–H and O–H groups in total. The monoisotopic (exact) mass is 317 g/mol. The number of nitrogens with one attached hydrogen (secondary N) is 1. The third kappa shape index (κ3) is 5.13. The van der Waals surface area contributed by atoms with Crippen LogP contribution >= 0.6 is 0 Å². The van der Waals surface area contributed by atoms with Crippen LogP contribution in [0.4, 0.5) is 4.79 Å². The third-order valence-corrected chi connectivity index (χ3v) is 4.05. The second-order valence-electron chi connectivity index (χ2n) is 6.21. The fourth-order valence-electron chi connectivity index (χ4n) is 3.12. The summed E-state index contributed by atoms with van der Waals surface area (Å²) in [5, 5.41) is 12.0. The van der Waals surface area contributed by atoms with Gasteiger partial charge in [-0.25, -0.2) is 9.59 Å². The number of rotatable bonds is 5. The van der Waals surface area contributed by atoms with Gasteiger partial charge in [0.1, 0.15) is 12.6 Å². The molecular weight excluding hydrogens is 294 g/mol. The normalized spacial score (nSPS) is 21.9. The quantitative estimate of drug-likeness (QED) is 0.817. The molecule has 1 aromatic rings. The zero-order valence-corrected chi connectivity index (χ0v) is 13.5. The first-order chi connectivity index (χ1) is 11.0. The van der Waals surface area contributed by atoms with E-state index in [1.165, 1.54) is 5.57 Å². The number of carbonyl (C=O) groups is 2. The van der Waals surface area contributed by atoms with E-state index < -0.39 is 18.1 Å². The van der Waals surface area contributed by atoms with E-state index in [0.29, 0.717) is 12.3 Å². The average Bonchev–Trinajstić information content (AvgIpc) is 2.50. The lowest BCUT2D eigenvalue weighted by atomic mass is 9.79. The molecule has 1 aromatic carbocycles. The summed E-state index contributed by atoms with van der Waals surface area (Å²) >= 11 is 0. The molecule has 0 fully saturated rings. The average molecular weight is 317 g/mol. The number of aliphatic carboxylic acids is 1. The van der Waals surface area contributed by atoms with Crippen molar-refractivity contribution in [1.82, 2.24) is 5.32 Å². The number of carbonyl (C=O) groups excluding carboxylic acids is 1. The minimum atomic E-state index is -1.02. The molecular formula is C18H23NO4. The lowest BCUT2D eigenvalue weighted by molar-refractivity contribution is -0.141. The molecule has 0 spiro atoms. The number of hydrogen-bond acceptors (Lipinski definition) is 3. The van der Waals surface area contributed by atoms with E-state index >= 15 is 0 Å². The first-order valence-electron chi connectivity index (χ1n) is 7.83. The van der Waals surface area contributed by atoms with E-state index in [1.807, 2.05) is 37.3 Å². The Labute approximate surface area is 136 Å². The second kappa shape index (κ2) is 7.81. The molecule has 5 heteroatoms. The number of amides is 1. The highest BCUT2D eigenvalue weighted by molar-refractivity contribution is 5.80. The topological polar surface area (TPSA) is 75.6 Å². The van der Waals surface area contributed by atoms with Crippen LogP contribution in [0.15, 0.2) is 42.0 Å². The van der Waals surface area contributed by atoms with Gasteiger partial charge in [-0.3, -0.25) is 0 Å². The minimum absolute atomic E-state index is 0.114. The Morgan fingerprint density at radius 1 is 1.35 bits per heavy atom. The number of ether oxygens (including phenoxy) is 1. The molecule has 0 bridgehead atoms. The summed E-state index contributed by atoms with van der Waals surface area (Å²) in [5.41, 5.74) is 2.03. The molecule has 5 nitrogen and oxygen atoms in total. The molecule has 0 aliphatic heterocycles. The Bertz CT molecular complexity index is 582. The van der Waals surface area contributed by atoms with Gasteiger partial charge < -0.3 is 15.2 Å². The van der Waals surface area contributed by atoms with Crippen LogP contribution in [0.2, 0.25) is 0 Å². The Kier molecular flexibility index (Phi) is 5.79. The van der Waals surface area contributed by atoms with Crippen LogP contribution in [0.5, 0.6) is 0 Å². The van der Waals surface area contributed by atoms with Gasteiger partial charge in [0.15, 0.2) is 0 Å². The van der Waals surface area contributed by atoms with E-state index in [2.05, 4.69) is 18.3 Å². The molecule has 124 valence electrons. The van der Waals surface area contributed by atoms with Gasteiger partial charge in [0.25, 0.3) is 0 Å². The summed E-state index contributed by atoms with van der Waals surface area (Å²) in [6.45, 7) is 4.18. The minimum Gasteiger partial charge on any atom is -0.480 e. The summed E-state index contributed by atoms with van der Waals surface area (Å²) in [6, 6.07) is 8.36. The Hall–Kier alpha value is -2.30. The van der Waals surface area contributed by atoms with Gasteiger partial charge in [-0.2, -0.15) is 0 Å². The SMILES string of the molecule is CC1=CC(C)CC(C(NC(=O)OCc2ccccc2)C(=O)O)C1. The molecule has 1 aliphatic carbocycles. The van der Waals surface area contributed by atoms with Gasteiger partial charge in [0.2, 0.25) is 0 Å². The molecule has 0 saturated heterocycles. The Balaban J connectivity index is 1.93. The molecule has 3 atom stereocenters. The predicted molar refractivity (Wildman–Crippen MR) is 86.8 cm³/mol. The predicted octanol–water partition coefficient (Wildman–Crippen LogP) is 3.36. The molecule has 1 amide bonds. The fourth-order valence-corrected chi connectivity index (χ4v) is 3.12. The second-order valence-corrected chi connectivity index (χ2v) is 6.21. The van der Waals surface area contributed by atoms with Crippen molar-refractivity contribution in [2.75, 3.05) is 0 Å². The van der Waals surface area contributed by atoms with Gasteiger partial charge in [-0.15, -0.1) is 0 Å². The maximum atomic E-state index is 11.9. The number of hydrogen-bond donors (Lipinski definition) is 2. The van der Waals surface area contributed by atoms with Crippen LogP contribution in [0.1, 0.15) is 32.3 Å². The lowest BCUT2D eigenvalue weighted by Gasteiger charge is -2.30. The zero-order chi connectivity index (χ0) is 16.8. The highest BCUT2D eigenvalue weighted by atomic mass is 16.5. The first-order valence-corrected chi connectivity index (χ1v) is 7.83. The van der Waals surface area contributed by atoms with Crippen molar-refractivity contribution < 1.29 is 19.4 Å². The Morgan fingerprint density at radius 2 is 2.04 bits per heavy atom. The number of carboxylic acids is 1. The van der Waals surface area contributed by atoms with Crippen LogP contribution < -0.4 is 5.32 Å². The number of allylic oxidation sites excluding steroid dienone is 2. The highest BCUT2D eigenvalue weighted by Gasteiger charge is 2.33. The third-order valence-electron chi connectivity index (χ3n) is 4.05. The van der Waals surface area contributed by atoms with Gasteiger partial charge >= 0.3 is 12.1 Å². The van der Waals surface area contributed by atoms with Crippen molar-refractivity contribution in [2.45, 2.75) is 39.3 Å². The number of alkyl carbamates (subject to hydrolysis) is 1. The summed E-state index contributed by atoms with van der Waals surface area (Å²) in [6.07, 6.45) is 2.89. The van der Waals surface area contributed by atoms with Crippen LogP contribution in [0.25, 0.3) is 0 Å². The van der Waals surface area contributed by atoms with Gasteiger partial charge in [-0.05, 0) is 37.2 Å². The van der Waals surface area contributed by atoms with Gasteiger partial charge in [0, 0.05) is 0 Å². The van der Waals surface area contributed by atoms with E-state index in [1.54, 1.807) is 0 Å². The van der Waals surface area contributed by atoms with Crippen molar-refractivity contribution in [3.05, 3.63) is 47.5 Å². The molecule has 1 aliphatic rings. The van der Waals surface area contributed by atoms with Crippen LogP contribution in [0.3, 0.4) is 0 Å². The van der Waals surface area contributed by atoms with Crippen molar-refractivity contribution in [3.8, 4) is 0 Å². The van der Waals surface area contributed by atoms with Crippen LogP contribution in [-0.2, 0) is 16.1 Å². The maximum Gasteiger partial charge on any atom is 0.408 e. The van der Waals surface area contributed by atoms with Gasteiger partial charge in [-0.1, -0.05) is 48.9 Å². The molecule has 0 aromatic heterocycles. The van der Waals surface area contributed by atoms with Crippen molar-refractivity contribution in [1.29, 1.82) is 0 Å². The van der Waals surface area contributed by atoms with Gasteiger partial charge in [0.05, 0.1) is 0 Å². The number of benzene rings is 1.